The number of unbranched alkanes of at least 4 members (excludes halogenated alkanes) is 11. The van der Waals surface area contributed by atoms with Gasteiger partial charge >= 0.3 is 0 Å². The standard InChI is InChI=1S/C18H41N3O3/c1-2-3-4-5-6-7-8-9-10-11-12-13-14-15(22)16(23)18(20,21)17(19)24/h15-17,22-24H,2-14,19-21H2,1H3/t15-,16-,17?/m1/s1. The smallest absolute Gasteiger partial charge is 0.136 e. The second kappa shape index (κ2) is 14.0. The van der Waals surface area contributed by atoms with Crippen LogP contribution in [0.2, 0.25) is 0 Å². The molecule has 0 aromatic rings. The first-order valence-electron chi connectivity index (χ1n) is 9.71. The highest BCUT2D eigenvalue weighted by molar-refractivity contribution is 4.93. The molecule has 0 aliphatic rings. The van der Waals surface area contributed by atoms with Crippen molar-refractivity contribution in [2.45, 2.75) is 114 Å². The van der Waals surface area contributed by atoms with E-state index >= 15 is 0 Å². The van der Waals surface area contributed by atoms with Crippen molar-refractivity contribution < 1.29 is 15.3 Å². The number of rotatable bonds is 16. The van der Waals surface area contributed by atoms with Crippen LogP contribution in [-0.2, 0) is 0 Å². The average molecular weight is 348 g/mol. The Labute approximate surface area is 147 Å². The molecule has 0 heterocycles. The van der Waals surface area contributed by atoms with Gasteiger partial charge in [-0.15, -0.1) is 0 Å². The van der Waals surface area contributed by atoms with Crippen LogP contribution in [-0.4, -0.2) is 39.4 Å². The molecule has 0 radical (unpaired) electrons. The van der Waals surface area contributed by atoms with E-state index in [1.165, 1.54) is 57.8 Å². The fourth-order valence-electron chi connectivity index (χ4n) is 2.86. The van der Waals surface area contributed by atoms with Crippen LogP contribution in [0.5, 0.6) is 0 Å². The van der Waals surface area contributed by atoms with Gasteiger partial charge in [0.1, 0.15) is 18.0 Å². The Kier molecular flexibility index (Phi) is 13.8. The third kappa shape index (κ3) is 10.6. The van der Waals surface area contributed by atoms with Crippen molar-refractivity contribution in [3.8, 4) is 0 Å². The highest BCUT2D eigenvalue weighted by Gasteiger charge is 2.39. The first-order valence-corrected chi connectivity index (χ1v) is 9.71. The molecule has 6 nitrogen and oxygen atoms in total. The van der Waals surface area contributed by atoms with Crippen LogP contribution in [0.3, 0.4) is 0 Å². The molecule has 0 aliphatic heterocycles. The van der Waals surface area contributed by atoms with Crippen LogP contribution in [0.15, 0.2) is 0 Å². The summed E-state index contributed by atoms with van der Waals surface area (Å²) in [5.41, 5.74) is 14.4. The topological polar surface area (TPSA) is 139 Å². The predicted molar refractivity (Wildman–Crippen MR) is 99.0 cm³/mol. The van der Waals surface area contributed by atoms with Gasteiger partial charge in [0.2, 0.25) is 0 Å². The van der Waals surface area contributed by atoms with Gasteiger partial charge in [-0.25, -0.2) is 0 Å². The first-order chi connectivity index (χ1) is 11.3. The van der Waals surface area contributed by atoms with E-state index in [2.05, 4.69) is 6.92 Å². The summed E-state index contributed by atoms with van der Waals surface area (Å²) in [4.78, 5) is 0. The van der Waals surface area contributed by atoms with E-state index in [9.17, 15) is 15.3 Å². The summed E-state index contributed by atoms with van der Waals surface area (Å²) in [5.74, 6) is 0. The molecule has 9 N–H and O–H groups in total. The molecule has 0 fully saturated rings. The van der Waals surface area contributed by atoms with Crippen LogP contribution in [0.25, 0.3) is 0 Å². The molecule has 0 rings (SSSR count). The van der Waals surface area contributed by atoms with Crippen LogP contribution < -0.4 is 17.2 Å². The molecule has 146 valence electrons. The minimum atomic E-state index is -1.89. The fraction of sp³-hybridized carbons (Fsp3) is 1.00. The van der Waals surface area contributed by atoms with Crippen molar-refractivity contribution in [2.24, 2.45) is 17.2 Å². The zero-order valence-corrected chi connectivity index (χ0v) is 15.5. The van der Waals surface area contributed by atoms with Gasteiger partial charge < -0.3 is 32.5 Å². The van der Waals surface area contributed by atoms with Crippen molar-refractivity contribution in [3.05, 3.63) is 0 Å². The lowest BCUT2D eigenvalue weighted by atomic mass is 9.94. The van der Waals surface area contributed by atoms with Gasteiger partial charge in [0.05, 0.1) is 6.10 Å². The van der Waals surface area contributed by atoms with E-state index in [4.69, 9.17) is 17.2 Å². The number of hydrogen-bond donors (Lipinski definition) is 6. The van der Waals surface area contributed by atoms with Crippen molar-refractivity contribution in [1.82, 2.24) is 0 Å². The van der Waals surface area contributed by atoms with Gasteiger partial charge in [-0.3, -0.25) is 0 Å². The first kappa shape index (κ1) is 23.8. The van der Waals surface area contributed by atoms with E-state index in [1.807, 2.05) is 0 Å². The quantitative estimate of drug-likeness (QED) is 0.185. The monoisotopic (exact) mass is 347 g/mol. The Balaban J connectivity index is 3.50. The molecule has 3 atom stereocenters. The van der Waals surface area contributed by atoms with Gasteiger partial charge in [0, 0.05) is 0 Å². The second-order valence-corrected chi connectivity index (χ2v) is 7.13. The summed E-state index contributed by atoms with van der Waals surface area (Å²) in [6, 6.07) is 0. The van der Waals surface area contributed by atoms with Gasteiger partial charge in [-0.2, -0.15) is 0 Å². The van der Waals surface area contributed by atoms with Crippen molar-refractivity contribution >= 4 is 0 Å². The van der Waals surface area contributed by atoms with E-state index < -0.39 is 24.1 Å². The Morgan fingerprint density at radius 3 is 1.46 bits per heavy atom. The normalized spacial score (nSPS) is 16.1. The molecule has 0 saturated carbocycles. The summed E-state index contributed by atoms with van der Waals surface area (Å²) in [5, 5.41) is 29.0. The van der Waals surface area contributed by atoms with E-state index in [0.29, 0.717) is 6.42 Å². The fourth-order valence-corrected chi connectivity index (χ4v) is 2.86. The lowest BCUT2D eigenvalue weighted by molar-refractivity contribution is -0.0724. The van der Waals surface area contributed by atoms with Gasteiger partial charge in [-0.05, 0) is 6.42 Å². The molecule has 0 amide bonds. The predicted octanol–water partition coefficient (Wildman–Crippen LogP) is 1.69. The Hall–Kier alpha value is -0.240. The van der Waals surface area contributed by atoms with Crippen molar-refractivity contribution in [3.63, 3.8) is 0 Å². The molecule has 24 heavy (non-hydrogen) atoms. The molecule has 0 spiro atoms. The highest BCUT2D eigenvalue weighted by atomic mass is 16.3. The lowest BCUT2D eigenvalue weighted by Gasteiger charge is -2.35. The Bertz CT molecular complexity index is 289. The maximum Gasteiger partial charge on any atom is 0.136 e. The van der Waals surface area contributed by atoms with Crippen LogP contribution >= 0.6 is 0 Å². The highest BCUT2D eigenvalue weighted by Crippen LogP contribution is 2.16. The SMILES string of the molecule is CCCCCCCCCCCCCC[C@@H](O)[C@@H](O)C(N)(N)C(N)O. The summed E-state index contributed by atoms with van der Waals surface area (Å²) >= 11 is 0. The third-order valence-electron chi connectivity index (χ3n) is 4.74. The van der Waals surface area contributed by atoms with Crippen LogP contribution in [0.4, 0.5) is 0 Å². The molecule has 1 unspecified atom stereocenters. The van der Waals surface area contributed by atoms with Gasteiger partial charge in [0.25, 0.3) is 0 Å². The lowest BCUT2D eigenvalue weighted by Crippen LogP contribution is -2.71. The average Bonchev–Trinajstić information content (AvgIpc) is 2.54. The zero-order chi connectivity index (χ0) is 18.4. The third-order valence-corrected chi connectivity index (χ3v) is 4.74. The molecule has 0 aromatic heterocycles. The molecule has 0 saturated heterocycles. The van der Waals surface area contributed by atoms with Crippen LogP contribution in [0.1, 0.15) is 90.4 Å². The van der Waals surface area contributed by atoms with Gasteiger partial charge in [-0.1, -0.05) is 84.0 Å². The number of aliphatic hydroxyl groups is 3. The Morgan fingerprint density at radius 1 is 0.708 bits per heavy atom. The minimum Gasteiger partial charge on any atom is -0.390 e. The summed E-state index contributed by atoms with van der Waals surface area (Å²) in [7, 11) is 0. The van der Waals surface area contributed by atoms with Gasteiger partial charge in [0.15, 0.2) is 0 Å². The zero-order valence-electron chi connectivity index (χ0n) is 15.5. The summed E-state index contributed by atoms with van der Waals surface area (Å²) in [6.45, 7) is 2.24. The molecule has 6 heteroatoms. The van der Waals surface area contributed by atoms with Crippen LogP contribution in [0, 0.1) is 0 Å². The van der Waals surface area contributed by atoms with E-state index in [0.717, 1.165) is 19.3 Å². The van der Waals surface area contributed by atoms with E-state index in [1.54, 1.807) is 0 Å². The second-order valence-electron chi connectivity index (χ2n) is 7.13. The van der Waals surface area contributed by atoms with Crippen molar-refractivity contribution in [1.29, 1.82) is 0 Å². The van der Waals surface area contributed by atoms with Crippen molar-refractivity contribution in [2.75, 3.05) is 0 Å². The van der Waals surface area contributed by atoms with E-state index in [-0.39, 0.29) is 0 Å². The molecule has 0 aliphatic carbocycles. The summed E-state index contributed by atoms with van der Waals surface area (Å²) in [6.07, 6.45) is 11.2. The molecular weight excluding hydrogens is 306 g/mol. The number of aliphatic hydroxyl groups excluding tert-OH is 3. The molecule has 0 aromatic carbocycles. The number of hydrogen-bond acceptors (Lipinski definition) is 6. The maximum atomic E-state index is 9.89. The maximum absolute atomic E-state index is 9.89. The largest absolute Gasteiger partial charge is 0.390 e. The summed E-state index contributed by atoms with van der Waals surface area (Å²) < 4.78 is 0. The Morgan fingerprint density at radius 2 is 1.08 bits per heavy atom. The molecule has 0 bridgehead atoms. The number of nitrogens with two attached hydrogens (primary N) is 3. The minimum absolute atomic E-state index is 0.404. The molecular formula is C18H41N3O3.